The zero-order valence-corrected chi connectivity index (χ0v) is 17.5. The van der Waals surface area contributed by atoms with E-state index in [2.05, 4.69) is 14.9 Å². The number of aromatic nitrogens is 2. The highest BCUT2D eigenvalue weighted by atomic mass is 19.1. The first kappa shape index (κ1) is 21.4. The molecule has 4 rings (SSSR count). The second-order valence-electron chi connectivity index (χ2n) is 7.89. The third-order valence-corrected chi connectivity index (χ3v) is 5.59. The van der Waals surface area contributed by atoms with Gasteiger partial charge in [-0.2, -0.15) is 5.26 Å². The molecule has 0 saturated carbocycles. The molecule has 0 amide bonds. The molecule has 3 heterocycles. The van der Waals surface area contributed by atoms with E-state index in [1.54, 1.807) is 24.5 Å². The van der Waals surface area contributed by atoms with Crippen molar-refractivity contribution in [2.24, 2.45) is 5.73 Å². The van der Waals surface area contributed by atoms with Gasteiger partial charge in [0.1, 0.15) is 11.5 Å². The smallest absolute Gasteiger partial charge is 0.187 e. The van der Waals surface area contributed by atoms with Crippen LogP contribution in [0.1, 0.15) is 34.5 Å². The standard InChI is InChI=1S/C24H23FN6O/c25-19-10-15(12-26)3-4-18(19)21-6-5-20(28)24(30-21)23(32)11-16-13-29-8-7-22(16)31-9-1-2-17(27)14-31/h3-8,10,13,17H,1-2,9,11,14,27-28H2/t17-/m0/s1. The first-order chi connectivity index (χ1) is 15.5. The van der Waals surface area contributed by atoms with Crippen LogP contribution in [0.15, 0.2) is 48.8 Å². The van der Waals surface area contributed by atoms with Gasteiger partial charge in [0.2, 0.25) is 0 Å². The van der Waals surface area contributed by atoms with Crippen LogP contribution in [0, 0.1) is 17.1 Å². The summed E-state index contributed by atoms with van der Waals surface area (Å²) in [7, 11) is 0. The van der Waals surface area contributed by atoms with Crippen LogP contribution >= 0.6 is 0 Å². The maximum Gasteiger partial charge on any atom is 0.187 e. The van der Waals surface area contributed by atoms with E-state index in [9.17, 15) is 9.18 Å². The molecule has 1 fully saturated rings. The average molecular weight is 430 g/mol. The van der Waals surface area contributed by atoms with Gasteiger partial charge >= 0.3 is 0 Å². The van der Waals surface area contributed by atoms with E-state index < -0.39 is 5.82 Å². The number of hydrogen-bond donors (Lipinski definition) is 2. The molecule has 162 valence electrons. The highest BCUT2D eigenvalue weighted by molar-refractivity contribution is 6.01. The molecule has 4 N–H and O–H groups in total. The largest absolute Gasteiger partial charge is 0.397 e. The Labute approximate surface area is 185 Å². The van der Waals surface area contributed by atoms with E-state index in [0.29, 0.717) is 0 Å². The molecule has 8 heteroatoms. The molecule has 0 unspecified atom stereocenters. The zero-order valence-electron chi connectivity index (χ0n) is 17.5. The molecular formula is C24H23FN6O. The Morgan fingerprint density at radius 2 is 2.12 bits per heavy atom. The molecule has 1 aliphatic rings. The number of nitrogen functional groups attached to an aromatic ring is 1. The van der Waals surface area contributed by atoms with Gasteiger partial charge in [0.05, 0.1) is 23.0 Å². The van der Waals surface area contributed by atoms with Crippen LogP contribution in [0.2, 0.25) is 0 Å². The van der Waals surface area contributed by atoms with Crippen molar-refractivity contribution in [1.82, 2.24) is 9.97 Å². The topological polar surface area (TPSA) is 122 Å². The minimum absolute atomic E-state index is 0.0609. The van der Waals surface area contributed by atoms with Gasteiger partial charge in [-0.05, 0) is 49.2 Å². The predicted octanol–water partition coefficient (Wildman–Crippen LogP) is 3.09. The number of rotatable bonds is 5. The summed E-state index contributed by atoms with van der Waals surface area (Å²) in [5.74, 6) is -0.871. The fraction of sp³-hybridized carbons (Fsp3) is 0.250. The molecule has 0 radical (unpaired) electrons. The lowest BCUT2D eigenvalue weighted by Gasteiger charge is -2.33. The second-order valence-corrected chi connectivity index (χ2v) is 7.89. The average Bonchev–Trinajstić information content (AvgIpc) is 2.80. The van der Waals surface area contributed by atoms with Crippen molar-refractivity contribution in [3.8, 4) is 17.3 Å². The van der Waals surface area contributed by atoms with E-state index >= 15 is 0 Å². The van der Waals surface area contributed by atoms with Gasteiger partial charge in [-0.25, -0.2) is 9.37 Å². The van der Waals surface area contributed by atoms with Crippen molar-refractivity contribution in [3.05, 3.63) is 71.4 Å². The highest BCUT2D eigenvalue weighted by Gasteiger charge is 2.22. The third-order valence-electron chi connectivity index (χ3n) is 5.59. The van der Waals surface area contributed by atoms with Gasteiger partial charge in [-0.3, -0.25) is 9.78 Å². The molecule has 1 atom stereocenters. The number of carbonyl (C=O) groups excluding carboxylic acids is 1. The van der Waals surface area contributed by atoms with Gasteiger partial charge in [-0.1, -0.05) is 0 Å². The molecule has 1 saturated heterocycles. The number of nitrogens with zero attached hydrogens (tertiary/aromatic N) is 4. The van der Waals surface area contributed by atoms with Crippen LogP contribution < -0.4 is 16.4 Å². The maximum absolute atomic E-state index is 14.5. The molecule has 0 bridgehead atoms. The number of carbonyl (C=O) groups is 1. The SMILES string of the molecule is N#Cc1ccc(-c2ccc(N)c(C(=O)Cc3cnccc3N3CCC[C@H](N)C3)n2)c(F)c1. The minimum Gasteiger partial charge on any atom is -0.397 e. The van der Waals surface area contributed by atoms with Gasteiger partial charge in [0, 0.05) is 54.8 Å². The molecule has 2 aromatic heterocycles. The van der Waals surface area contributed by atoms with Crippen LogP contribution in [-0.2, 0) is 6.42 Å². The summed E-state index contributed by atoms with van der Waals surface area (Å²) in [6.45, 7) is 1.59. The number of ketones is 1. The van der Waals surface area contributed by atoms with E-state index in [-0.39, 0.29) is 46.4 Å². The Balaban J connectivity index is 1.63. The third kappa shape index (κ3) is 4.43. The Hall–Kier alpha value is -3.83. The van der Waals surface area contributed by atoms with Gasteiger partial charge in [0.15, 0.2) is 5.78 Å². The number of hydrogen-bond acceptors (Lipinski definition) is 7. The Morgan fingerprint density at radius 3 is 2.88 bits per heavy atom. The molecule has 32 heavy (non-hydrogen) atoms. The number of anilines is 2. The van der Waals surface area contributed by atoms with E-state index in [1.165, 1.54) is 12.1 Å². The summed E-state index contributed by atoms with van der Waals surface area (Å²) in [6, 6.07) is 11.1. The van der Waals surface area contributed by atoms with Crippen molar-refractivity contribution in [3.63, 3.8) is 0 Å². The number of nitriles is 1. The van der Waals surface area contributed by atoms with E-state index in [1.807, 2.05) is 12.1 Å². The van der Waals surface area contributed by atoms with Crippen molar-refractivity contribution < 1.29 is 9.18 Å². The lowest BCUT2D eigenvalue weighted by molar-refractivity contribution is 0.0989. The number of pyridine rings is 2. The quantitative estimate of drug-likeness (QED) is 0.597. The Morgan fingerprint density at radius 1 is 1.28 bits per heavy atom. The molecular weight excluding hydrogens is 407 g/mol. The highest BCUT2D eigenvalue weighted by Crippen LogP contribution is 2.27. The summed E-state index contributed by atoms with van der Waals surface area (Å²) in [6.07, 6.45) is 5.40. The molecule has 3 aromatic rings. The fourth-order valence-electron chi connectivity index (χ4n) is 3.99. The maximum atomic E-state index is 14.5. The van der Waals surface area contributed by atoms with E-state index in [0.717, 1.165) is 43.2 Å². The number of piperidine rings is 1. The number of nitrogens with two attached hydrogens (primary N) is 2. The summed E-state index contributed by atoms with van der Waals surface area (Å²) in [4.78, 5) is 23.9. The first-order valence-electron chi connectivity index (χ1n) is 10.4. The second kappa shape index (κ2) is 9.12. The summed E-state index contributed by atoms with van der Waals surface area (Å²) in [5, 5.41) is 8.94. The molecule has 7 nitrogen and oxygen atoms in total. The summed E-state index contributed by atoms with van der Waals surface area (Å²) in [5.41, 5.74) is 14.8. The Bertz CT molecular complexity index is 1210. The van der Waals surface area contributed by atoms with Gasteiger partial charge < -0.3 is 16.4 Å². The normalized spacial score (nSPS) is 15.9. The molecule has 1 aromatic carbocycles. The van der Waals surface area contributed by atoms with Crippen LogP contribution in [0.25, 0.3) is 11.3 Å². The van der Waals surface area contributed by atoms with Crippen LogP contribution in [0.3, 0.4) is 0 Å². The fourth-order valence-corrected chi connectivity index (χ4v) is 3.99. The zero-order chi connectivity index (χ0) is 22.7. The predicted molar refractivity (Wildman–Crippen MR) is 120 cm³/mol. The number of halogens is 1. The summed E-state index contributed by atoms with van der Waals surface area (Å²) >= 11 is 0. The molecule has 0 spiro atoms. The minimum atomic E-state index is -0.587. The summed E-state index contributed by atoms with van der Waals surface area (Å²) < 4.78 is 14.5. The lowest BCUT2D eigenvalue weighted by Crippen LogP contribution is -2.43. The first-order valence-corrected chi connectivity index (χ1v) is 10.4. The van der Waals surface area contributed by atoms with Crippen molar-refractivity contribution in [1.29, 1.82) is 5.26 Å². The molecule has 1 aliphatic heterocycles. The van der Waals surface area contributed by atoms with Crippen LogP contribution in [-0.4, -0.2) is 34.9 Å². The van der Waals surface area contributed by atoms with Crippen molar-refractivity contribution in [2.75, 3.05) is 23.7 Å². The molecule has 0 aliphatic carbocycles. The van der Waals surface area contributed by atoms with Crippen molar-refractivity contribution >= 4 is 17.2 Å². The monoisotopic (exact) mass is 430 g/mol. The Kier molecular flexibility index (Phi) is 6.10. The van der Waals surface area contributed by atoms with Gasteiger partial charge in [0.25, 0.3) is 0 Å². The number of Topliss-reactive ketones (excluding diaryl/α,β-unsaturated/α-hetero) is 1. The van der Waals surface area contributed by atoms with E-state index in [4.69, 9.17) is 16.7 Å². The lowest BCUT2D eigenvalue weighted by atomic mass is 10.0. The van der Waals surface area contributed by atoms with Crippen molar-refractivity contribution in [2.45, 2.75) is 25.3 Å². The van der Waals surface area contributed by atoms with Crippen LogP contribution in [0.4, 0.5) is 15.8 Å². The van der Waals surface area contributed by atoms with Crippen LogP contribution in [0.5, 0.6) is 0 Å². The number of benzene rings is 1. The van der Waals surface area contributed by atoms with Gasteiger partial charge in [-0.15, -0.1) is 0 Å².